The highest BCUT2D eigenvalue weighted by molar-refractivity contribution is 5.77. The molecule has 0 radical (unpaired) electrons. The summed E-state index contributed by atoms with van der Waals surface area (Å²) in [7, 11) is 0. The van der Waals surface area contributed by atoms with Crippen LogP contribution in [0.25, 0.3) is 0 Å². The number of amides is 2. The van der Waals surface area contributed by atoms with Gasteiger partial charge in [0.25, 0.3) is 0 Å². The smallest absolute Gasteiger partial charge is 0.317 e. The van der Waals surface area contributed by atoms with Crippen LogP contribution < -0.4 is 5.32 Å². The highest BCUT2D eigenvalue weighted by atomic mass is 16.4. The Morgan fingerprint density at radius 1 is 1.25 bits per heavy atom. The van der Waals surface area contributed by atoms with Crippen LogP contribution in [-0.2, 0) is 4.79 Å². The molecule has 3 unspecified atom stereocenters. The van der Waals surface area contributed by atoms with Crippen LogP contribution in [0.5, 0.6) is 0 Å². The van der Waals surface area contributed by atoms with Crippen LogP contribution in [0.2, 0.25) is 0 Å². The van der Waals surface area contributed by atoms with E-state index in [2.05, 4.69) is 19.2 Å². The van der Waals surface area contributed by atoms with Gasteiger partial charge < -0.3 is 15.3 Å². The summed E-state index contributed by atoms with van der Waals surface area (Å²) < 4.78 is 0. The van der Waals surface area contributed by atoms with Gasteiger partial charge in [0, 0.05) is 19.1 Å². The van der Waals surface area contributed by atoms with E-state index in [0.717, 1.165) is 12.8 Å². The molecule has 1 aliphatic carbocycles. The van der Waals surface area contributed by atoms with Crippen LogP contribution >= 0.6 is 0 Å². The second-order valence-electron chi connectivity index (χ2n) is 6.49. The minimum atomic E-state index is -0.798. The number of nitrogens with one attached hydrogen (secondary N) is 1. The van der Waals surface area contributed by atoms with Crippen molar-refractivity contribution >= 4 is 12.0 Å². The summed E-state index contributed by atoms with van der Waals surface area (Å²) in [5.41, 5.74) is 0. The van der Waals surface area contributed by atoms with Crippen LogP contribution in [0.1, 0.15) is 40.0 Å². The number of likely N-dealkylation sites (tertiary alicyclic amines) is 1. The fourth-order valence-corrected chi connectivity index (χ4v) is 3.73. The van der Waals surface area contributed by atoms with Gasteiger partial charge >= 0.3 is 12.0 Å². The molecule has 1 aliphatic heterocycles. The molecule has 0 bridgehead atoms. The van der Waals surface area contributed by atoms with E-state index in [4.69, 9.17) is 5.11 Å². The highest BCUT2D eigenvalue weighted by Crippen LogP contribution is 2.34. The minimum absolute atomic E-state index is 0.0302. The van der Waals surface area contributed by atoms with Crippen LogP contribution in [0.4, 0.5) is 4.79 Å². The molecule has 2 aliphatic rings. The molecule has 2 rings (SSSR count). The Balaban J connectivity index is 1.89. The van der Waals surface area contributed by atoms with E-state index in [1.807, 2.05) is 6.92 Å². The van der Waals surface area contributed by atoms with E-state index in [0.29, 0.717) is 24.9 Å². The normalized spacial score (nSPS) is 37.1. The maximum Gasteiger partial charge on any atom is 0.317 e. The van der Waals surface area contributed by atoms with Crippen molar-refractivity contribution in [1.82, 2.24) is 10.2 Å². The third kappa shape index (κ3) is 2.91. The standard InChI is InChI=1S/C15H26N2O3/c1-4-11-5-6-13(10(11)3)16-15(20)17-7-9(2)12(8-17)14(18)19/h9-13H,4-8H2,1-3H3,(H,16,20)(H,18,19)/t9-,10?,11?,12-,13?/m1/s1. The van der Waals surface area contributed by atoms with Gasteiger partial charge in [0.15, 0.2) is 0 Å². The van der Waals surface area contributed by atoms with Crippen LogP contribution in [0, 0.1) is 23.7 Å². The number of nitrogens with zero attached hydrogens (tertiary/aromatic N) is 1. The van der Waals surface area contributed by atoms with Crippen molar-refractivity contribution in [1.29, 1.82) is 0 Å². The number of hydrogen-bond acceptors (Lipinski definition) is 2. The number of rotatable bonds is 3. The first-order valence-electron chi connectivity index (χ1n) is 7.72. The Kier molecular flexibility index (Phi) is 4.55. The van der Waals surface area contributed by atoms with Gasteiger partial charge in [0.1, 0.15) is 0 Å². The lowest BCUT2D eigenvalue weighted by atomic mass is 9.93. The number of hydrogen-bond donors (Lipinski definition) is 2. The van der Waals surface area contributed by atoms with E-state index in [9.17, 15) is 9.59 Å². The first-order chi connectivity index (χ1) is 9.43. The average Bonchev–Trinajstić information content (AvgIpc) is 2.94. The topological polar surface area (TPSA) is 69.6 Å². The number of carboxylic acids is 1. The first kappa shape index (κ1) is 15.1. The summed E-state index contributed by atoms with van der Waals surface area (Å²) in [5, 5.41) is 12.2. The van der Waals surface area contributed by atoms with Gasteiger partial charge in [-0.15, -0.1) is 0 Å². The third-order valence-electron chi connectivity index (χ3n) is 5.28. The predicted octanol–water partition coefficient (Wildman–Crippen LogP) is 2.17. The van der Waals surface area contributed by atoms with Crippen LogP contribution in [0.15, 0.2) is 0 Å². The lowest BCUT2D eigenvalue weighted by molar-refractivity contribution is -0.142. The summed E-state index contributed by atoms with van der Waals surface area (Å²) >= 11 is 0. The van der Waals surface area contributed by atoms with Crippen molar-refractivity contribution in [2.75, 3.05) is 13.1 Å². The highest BCUT2D eigenvalue weighted by Gasteiger charge is 2.39. The quantitative estimate of drug-likeness (QED) is 0.833. The zero-order valence-electron chi connectivity index (χ0n) is 12.6. The predicted molar refractivity (Wildman–Crippen MR) is 76.4 cm³/mol. The number of aliphatic carboxylic acids is 1. The molecule has 20 heavy (non-hydrogen) atoms. The number of carboxylic acid groups (broad SMARTS) is 1. The van der Waals surface area contributed by atoms with Gasteiger partial charge in [-0.25, -0.2) is 4.79 Å². The van der Waals surface area contributed by atoms with Crippen molar-refractivity contribution < 1.29 is 14.7 Å². The Morgan fingerprint density at radius 3 is 2.45 bits per heavy atom. The second kappa shape index (κ2) is 6.02. The number of carbonyl (C=O) groups is 2. The molecule has 2 amide bonds. The Labute approximate surface area is 120 Å². The van der Waals surface area contributed by atoms with Gasteiger partial charge in [-0.2, -0.15) is 0 Å². The zero-order valence-corrected chi connectivity index (χ0v) is 12.6. The van der Waals surface area contributed by atoms with Crippen molar-refractivity contribution in [3.8, 4) is 0 Å². The van der Waals surface area contributed by atoms with Crippen molar-refractivity contribution in [3.05, 3.63) is 0 Å². The van der Waals surface area contributed by atoms with E-state index >= 15 is 0 Å². The summed E-state index contributed by atoms with van der Waals surface area (Å²) in [6, 6.07) is 0.154. The summed E-state index contributed by atoms with van der Waals surface area (Å²) in [5.74, 6) is 0.0182. The van der Waals surface area contributed by atoms with Crippen molar-refractivity contribution in [3.63, 3.8) is 0 Å². The zero-order chi connectivity index (χ0) is 14.9. The molecule has 5 nitrogen and oxygen atoms in total. The third-order valence-corrected chi connectivity index (χ3v) is 5.28. The largest absolute Gasteiger partial charge is 0.481 e. The second-order valence-corrected chi connectivity index (χ2v) is 6.49. The lowest BCUT2D eigenvalue weighted by Crippen LogP contribution is -2.45. The molecule has 0 spiro atoms. The van der Waals surface area contributed by atoms with Gasteiger partial charge in [-0.3, -0.25) is 4.79 Å². The minimum Gasteiger partial charge on any atom is -0.481 e. The molecule has 114 valence electrons. The molecule has 2 fully saturated rings. The first-order valence-corrected chi connectivity index (χ1v) is 7.72. The average molecular weight is 282 g/mol. The SMILES string of the molecule is CCC1CCC(NC(=O)N2C[C@@H](C)[C@H](C(=O)O)C2)C1C. The molecule has 2 N–H and O–H groups in total. The van der Waals surface area contributed by atoms with Gasteiger partial charge in [-0.1, -0.05) is 27.2 Å². The fourth-order valence-electron chi connectivity index (χ4n) is 3.73. The summed E-state index contributed by atoms with van der Waals surface area (Å²) in [4.78, 5) is 25.0. The molecular formula is C15H26N2O3. The lowest BCUT2D eigenvalue weighted by Gasteiger charge is -2.24. The summed E-state index contributed by atoms with van der Waals surface area (Å²) in [6.45, 7) is 7.18. The maximum absolute atomic E-state index is 12.3. The van der Waals surface area contributed by atoms with E-state index in [1.54, 1.807) is 4.90 Å². The van der Waals surface area contributed by atoms with Gasteiger partial charge in [-0.05, 0) is 30.6 Å². The van der Waals surface area contributed by atoms with E-state index in [1.165, 1.54) is 6.42 Å². The molecule has 1 saturated carbocycles. The van der Waals surface area contributed by atoms with E-state index < -0.39 is 11.9 Å². The maximum atomic E-state index is 12.3. The Morgan fingerprint density at radius 2 is 1.95 bits per heavy atom. The van der Waals surface area contributed by atoms with Crippen LogP contribution in [-0.4, -0.2) is 41.1 Å². The molecule has 1 heterocycles. The molecule has 0 aromatic carbocycles. The van der Waals surface area contributed by atoms with Crippen LogP contribution in [0.3, 0.4) is 0 Å². The number of urea groups is 1. The molecule has 5 heteroatoms. The molecule has 0 aromatic rings. The van der Waals surface area contributed by atoms with E-state index in [-0.39, 0.29) is 18.0 Å². The fraction of sp³-hybridized carbons (Fsp3) is 0.867. The van der Waals surface area contributed by atoms with Gasteiger partial charge in [0.2, 0.25) is 0 Å². The van der Waals surface area contributed by atoms with Gasteiger partial charge in [0.05, 0.1) is 5.92 Å². The van der Waals surface area contributed by atoms with Crippen molar-refractivity contribution in [2.45, 2.75) is 46.1 Å². The summed E-state index contributed by atoms with van der Waals surface area (Å²) in [6.07, 6.45) is 3.38. The Bertz CT molecular complexity index is 385. The molecule has 5 atom stereocenters. The molecule has 0 aromatic heterocycles. The molecule has 1 saturated heterocycles. The molecular weight excluding hydrogens is 256 g/mol. The Hall–Kier alpha value is -1.26. The number of carbonyl (C=O) groups excluding carboxylic acids is 1. The van der Waals surface area contributed by atoms with Crippen molar-refractivity contribution in [2.24, 2.45) is 23.7 Å². The monoisotopic (exact) mass is 282 g/mol.